The molecule has 0 fully saturated rings. The third-order valence-electron chi connectivity index (χ3n) is 5.84. The predicted molar refractivity (Wildman–Crippen MR) is 138 cm³/mol. The minimum absolute atomic E-state index is 0.00283. The maximum Gasteiger partial charge on any atom is 0.416 e. The van der Waals surface area contributed by atoms with Gasteiger partial charge in [0.05, 0.1) is 22.9 Å². The van der Waals surface area contributed by atoms with Crippen molar-refractivity contribution in [3.05, 3.63) is 94.4 Å². The number of hydrogen-bond donors (Lipinski definition) is 2. The topological polar surface area (TPSA) is 71.8 Å². The number of alkyl halides is 6. The first kappa shape index (κ1) is 28.2. The number of carbonyl (C=O) groups excluding carboxylic acids is 1. The number of pyridine rings is 1. The molecule has 0 unspecified atom stereocenters. The van der Waals surface area contributed by atoms with Crippen molar-refractivity contribution in [1.29, 1.82) is 0 Å². The molecule has 0 saturated heterocycles. The van der Waals surface area contributed by atoms with Gasteiger partial charge in [-0.15, -0.1) is 0 Å². The molecule has 1 amide bonds. The van der Waals surface area contributed by atoms with Crippen molar-refractivity contribution in [3.8, 4) is 23.0 Å². The van der Waals surface area contributed by atoms with Crippen LogP contribution in [0.4, 0.5) is 37.8 Å². The SMILES string of the molecule is CNc1ncc(-c2cnn(C)c2)cc1C#Cc1cc(C(=O)Nc2cc(C(F)(F)F)cc(C(F)(F)F)c2)ccc1C. The summed E-state index contributed by atoms with van der Waals surface area (Å²) in [5, 5.41) is 9.24. The van der Waals surface area contributed by atoms with Gasteiger partial charge in [0.15, 0.2) is 0 Å². The van der Waals surface area contributed by atoms with Gasteiger partial charge in [-0.05, 0) is 48.9 Å². The number of rotatable bonds is 4. The summed E-state index contributed by atoms with van der Waals surface area (Å²) in [7, 11) is 3.47. The number of hydrogen-bond acceptors (Lipinski definition) is 4. The van der Waals surface area contributed by atoms with Crippen LogP contribution in [-0.4, -0.2) is 27.7 Å². The zero-order valence-corrected chi connectivity index (χ0v) is 21.3. The summed E-state index contributed by atoms with van der Waals surface area (Å²) in [5.41, 5.74) is -0.409. The van der Waals surface area contributed by atoms with Crippen molar-refractivity contribution in [3.63, 3.8) is 0 Å². The molecule has 0 aliphatic rings. The average molecular weight is 557 g/mol. The molecule has 4 rings (SSSR count). The fourth-order valence-corrected chi connectivity index (χ4v) is 3.75. The maximum atomic E-state index is 13.2. The molecule has 0 radical (unpaired) electrons. The quantitative estimate of drug-likeness (QED) is 0.221. The Kier molecular flexibility index (Phi) is 7.59. The monoisotopic (exact) mass is 557 g/mol. The normalized spacial score (nSPS) is 11.5. The molecule has 6 nitrogen and oxygen atoms in total. The standard InChI is InChI=1S/C28H21F6N5O/c1-16-4-5-19(26(40)38-24-11-22(27(29,30)31)10-23(12-24)28(32,33)34)8-17(16)6-7-18-9-20(13-36-25(18)35-2)21-14-37-39(3)15-21/h4-5,8-15H,1-3H3,(H,35,36)(H,38,40). The molecule has 2 aromatic carbocycles. The van der Waals surface area contributed by atoms with Crippen molar-refractivity contribution in [2.75, 3.05) is 17.7 Å². The number of carbonyl (C=O) groups is 1. The van der Waals surface area contributed by atoms with Crippen LogP contribution in [0.3, 0.4) is 0 Å². The van der Waals surface area contributed by atoms with Crippen LogP contribution in [-0.2, 0) is 19.4 Å². The Bertz CT molecular complexity index is 1610. The molecule has 0 saturated carbocycles. The van der Waals surface area contributed by atoms with Gasteiger partial charge < -0.3 is 10.6 Å². The van der Waals surface area contributed by atoms with Gasteiger partial charge >= 0.3 is 12.4 Å². The second kappa shape index (κ2) is 10.8. The predicted octanol–water partition coefficient (Wildman–Crippen LogP) is 6.52. The highest BCUT2D eigenvalue weighted by atomic mass is 19.4. The van der Waals surface area contributed by atoms with Gasteiger partial charge in [-0.1, -0.05) is 17.9 Å². The number of anilines is 2. The molecule has 0 atom stereocenters. The van der Waals surface area contributed by atoms with Crippen molar-refractivity contribution >= 4 is 17.4 Å². The van der Waals surface area contributed by atoms with Crippen LogP contribution >= 0.6 is 0 Å². The summed E-state index contributed by atoms with van der Waals surface area (Å²) in [6, 6.07) is 7.10. The summed E-state index contributed by atoms with van der Waals surface area (Å²) in [6.07, 6.45) is -4.91. The lowest BCUT2D eigenvalue weighted by molar-refractivity contribution is -0.143. The lowest BCUT2D eigenvalue weighted by atomic mass is 10.0. The van der Waals surface area contributed by atoms with E-state index in [1.807, 2.05) is 12.3 Å². The lowest BCUT2D eigenvalue weighted by Gasteiger charge is -2.15. The molecule has 0 bridgehead atoms. The molecular weight excluding hydrogens is 536 g/mol. The number of halogens is 6. The Balaban J connectivity index is 1.65. The highest BCUT2D eigenvalue weighted by Gasteiger charge is 2.37. The molecule has 0 aliphatic heterocycles. The fraction of sp³-hybridized carbons (Fsp3) is 0.179. The lowest BCUT2D eigenvalue weighted by Crippen LogP contribution is -2.16. The molecule has 2 aromatic heterocycles. The number of aryl methyl sites for hydroxylation is 2. The molecule has 206 valence electrons. The van der Waals surface area contributed by atoms with E-state index in [9.17, 15) is 31.1 Å². The molecule has 0 aliphatic carbocycles. The van der Waals surface area contributed by atoms with Gasteiger partial charge in [-0.2, -0.15) is 31.4 Å². The van der Waals surface area contributed by atoms with Gasteiger partial charge in [-0.25, -0.2) is 4.98 Å². The van der Waals surface area contributed by atoms with E-state index in [0.29, 0.717) is 34.6 Å². The molecule has 0 spiro atoms. The van der Waals surface area contributed by atoms with Gasteiger partial charge in [-0.3, -0.25) is 9.48 Å². The number of nitrogens with one attached hydrogen (secondary N) is 2. The van der Waals surface area contributed by atoms with Crippen LogP contribution < -0.4 is 10.6 Å². The van der Waals surface area contributed by atoms with Crippen LogP contribution in [0.2, 0.25) is 0 Å². The second-order valence-electron chi connectivity index (χ2n) is 8.80. The van der Waals surface area contributed by atoms with Crippen LogP contribution in [0.1, 0.15) is 38.2 Å². The zero-order valence-electron chi connectivity index (χ0n) is 21.3. The Morgan fingerprint density at radius 2 is 1.52 bits per heavy atom. The maximum absolute atomic E-state index is 13.2. The summed E-state index contributed by atoms with van der Waals surface area (Å²) < 4.78 is 80.8. The summed E-state index contributed by atoms with van der Waals surface area (Å²) in [5.74, 6) is 5.61. The fourth-order valence-electron chi connectivity index (χ4n) is 3.75. The minimum Gasteiger partial charge on any atom is -0.372 e. The number of aromatic nitrogens is 3. The Labute approximate surface area is 225 Å². The van der Waals surface area contributed by atoms with Gasteiger partial charge in [0.2, 0.25) is 0 Å². The van der Waals surface area contributed by atoms with E-state index in [0.717, 1.165) is 11.1 Å². The van der Waals surface area contributed by atoms with E-state index in [-0.39, 0.29) is 11.6 Å². The summed E-state index contributed by atoms with van der Waals surface area (Å²) >= 11 is 0. The van der Waals surface area contributed by atoms with Gasteiger partial charge in [0.1, 0.15) is 5.82 Å². The van der Waals surface area contributed by atoms with Gasteiger partial charge in [0.25, 0.3) is 5.91 Å². The molecule has 40 heavy (non-hydrogen) atoms. The van der Waals surface area contributed by atoms with E-state index < -0.39 is 35.1 Å². The Morgan fingerprint density at radius 3 is 2.10 bits per heavy atom. The molecule has 2 N–H and O–H groups in total. The first-order valence-electron chi connectivity index (χ1n) is 11.6. The second-order valence-corrected chi connectivity index (χ2v) is 8.80. The largest absolute Gasteiger partial charge is 0.416 e. The van der Waals surface area contributed by atoms with E-state index in [4.69, 9.17) is 0 Å². The summed E-state index contributed by atoms with van der Waals surface area (Å²) in [4.78, 5) is 17.2. The van der Waals surface area contributed by atoms with Crippen molar-refractivity contribution in [2.24, 2.45) is 7.05 Å². The Morgan fingerprint density at radius 1 is 0.875 bits per heavy atom. The molecule has 4 aromatic rings. The van der Waals surface area contributed by atoms with Crippen LogP contribution in [0.5, 0.6) is 0 Å². The molecular formula is C28H21F6N5O. The smallest absolute Gasteiger partial charge is 0.372 e. The van der Waals surface area contributed by atoms with E-state index in [1.165, 1.54) is 12.1 Å². The third-order valence-corrected chi connectivity index (χ3v) is 5.84. The van der Waals surface area contributed by atoms with Crippen LogP contribution in [0.25, 0.3) is 11.1 Å². The van der Waals surface area contributed by atoms with Crippen molar-refractivity contribution < 1.29 is 31.1 Å². The van der Waals surface area contributed by atoms with Crippen molar-refractivity contribution in [2.45, 2.75) is 19.3 Å². The van der Waals surface area contributed by atoms with E-state index >= 15 is 0 Å². The first-order chi connectivity index (χ1) is 18.7. The minimum atomic E-state index is -5.04. The average Bonchev–Trinajstić information content (AvgIpc) is 3.33. The third kappa shape index (κ3) is 6.43. The highest BCUT2D eigenvalue weighted by Crippen LogP contribution is 2.37. The highest BCUT2D eigenvalue weighted by molar-refractivity contribution is 6.04. The van der Waals surface area contributed by atoms with Crippen LogP contribution in [0.15, 0.2) is 61.1 Å². The first-order valence-corrected chi connectivity index (χ1v) is 11.6. The zero-order chi connectivity index (χ0) is 29.2. The number of benzene rings is 2. The number of amides is 1. The summed E-state index contributed by atoms with van der Waals surface area (Å²) in [6.45, 7) is 1.75. The number of nitrogens with zero attached hydrogens (tertiary/aromatic N) is 3. The van der Waals surface area contributed by atoms with E-state index in [2.05, 4.69) is 32.6 Å². The van der Waals surface area contributed by atoms with E-state index in [1.54, 1.807) is 44.2 Å². The van der Waals surface area contributed by atoms with Crippen molar-refractivity contribution in [1.82, 2.24) is 14.8 Å². The van der Waals surface area contributed by atoms with Gasteiger partial charge in [0, 0.05) is 54.4 Å². The molecule has 12 heteroatoms. The molecule has 2 heterocycles. The van der Waals surface area contributed by atoms with Crippen LogP contribution in [0, 0.1) is 18.8 Å². The Hall–Kier alpha value is -4.79.